The van der Waals surface area contributed by atoms with E-state index in [1.807, 2.05) is 0 Å². The summed E-state index contributed by atoms with van der Waals surface area (Å²) < 4.78 is 206. The summed E-state index contributed by atoms with van der Waals surface area (Å²) in [6.45, 7) is 1.08. The molecule has 6 aromatic carbocycles. The fourth-order valence-corrected chi connectivity index (χ4v) is 14.0. The van der Waals surface area contributed by atoms with E-state index in [1.165, 1.54) is 35.6 Å². The lowest BCUT2D eigenvalue weighted by Gasteiger charge is -2.49. The average Bonchev–Trinajstić information content (AvgIpc) is 1.72. The van der Waals surface area contributed by atoms with Crippen LogP contribution in [0.2, 0.25) is 20.1 Å². The van der Waals surface area contributed by atoms with Gasteiger partial charge in [-0.25, -0.2) is 46.3 Å². The number of hydrogen-bond donors (Lipinski definition) is 2. The van der Waals surface area contributed by atoms with E-state index in [4.69, 9.17) is 84.3 Å². The maximum Gasteiger partial charge on any atom is 0.418 e. The normalized spacial score (nSPS) is 23.0. The van der Waals surface area contributed by atoms with Crippen molar-refractivity contribution in [1.29, 1.82) is 0 Å². The quantitative estimate of drug-likeness (QED) is 0.0363. The van der Waals surface area contributed by atoms with E-state index in [1.54, 1.807) is 60.7 Å². The number of nitrogens with one attached hydrogen (secondary N) is 2. The first-order valence-corrected chi connectivity index (χ1v) is 35.2. The molecule has 2 N–H and O–H groups in total. The van der Waals surface area contributed by atoms with Crippen LogP contribution in [0, 0.1) is 37.1 Å². The number of fused-ring (bicyclic) bond motifs is 2. The first-order valence-electron chi connectivity index (χ1n) is 33.7. The highest BCUT2D eigenvalue weighted by molar-refractivity contribution is 6.31. The first kappa shape index (κ1) is 76.7. The van der Waals surface area contributed by atoms with Gasteiger partial charge in [-0.1, -0.05) is 117 Å². The lowest BCUT2D eigenvalue weighted by molar-refractivity contribution is -0.322. The monoisotopic (exact) mass is 1600 g/mol. The zero-order chi connectivity index (χ0) is 76.7. The van der Waals surface area contributed by atoms with Crippen LogP contribution in [0.1, 0.15) is 102 Å². The van der Waals surface area contributed by atoms with Gasteiger partial charge in [-0.2, -0.15) is 36.5 Å². The summed E-state index contributed by atoms with van der Waals surface area (Å²) in [5.74, 6) is -6.30. The number of benzene rings is 6. The van der Waals surface area contributed by atoms with Crippen molar-refractivity contribution in [2.75, 3.05) is 39.5 Å². The largest absolute Gasteiger partial charge is 0.418 e. The Morgan fingerprint density at radius 2 is 0.908 bits per heavy atom. The second-order valence-corrected chi connectivity index (χ2v) is 27.3. The third-order valence-electron chi connectivity index (χ3n) is 18.3. The molecule has 24 nitrogen and oxygen atoms in total. The van der Waals surface area contributed by atoms with Gasteiger partial charge in [0.25, 0.3) is 0 Å². The molecule has 2 amide bonds. The van der Waals surface area contributed by atoms with E-state index in [-0.39, 0.29) is 82.2 Å². The Bertz CT molecular complexity index is 4620. The van der Waals surface area contributed by atoms with Crippen molar-refractivity contribution in [3.05, 3.63) is 223 Å². The molecule has 0 aliphatic carbocycles. The lowest BCUT2D eigenvalue weighted by Crippen LogP contribution is -2.58. The smallest absolute Gasteiger partial charge is 0.363 e. The van der Waals surface area contributed by atoms with Gasteiger partial charge in [-0.05, 0) is 93.8 Å². The van der Waals surface area contributed by atoms with Gasteiger partial charge < -0.3 is 48.5 Å². The summed E-state index contributed by atoms with van der Waals surface area (Å²) in [5, 5.41) is 29.8. The van der Waals surface area contributed by atoms with E-state index in [0.29, 0.717) is 30.4 Å². The fourth-order valence-electron chi connectivity index (χ4n) is 13.4. The second kappa shape index (κ2) is 32.1. The number of halogens is 14. The van der Waals surface area contributed by atoms with Crippen molar-refractivity contribution in [1.82, 2.24) is 70.2 Å². The van der Waals surface area contributed by atoms with Gasteiger partial charge >= 0.3 is 12.4 Å². The van der Waals surface area contributed by atoms with Crippen molar-refractivity contribution in [3.8, 4) is 33.9 Å². The van der Waals surface area contributed by atoms with Crippen molar-refractivity contribution in [2.24, 2.45) is 0 Å². The van der Waals surface area contributed by atoms with E-state index in [9.17, 15) is 53.5 Å². The maximum atomic E-state index is 15.0. The third kappa shape index (κ3) is 16.6. The van der Waals surface area contributed by atoms with Crippen LogP contribution < -0.4 is 10.6 Å². The molecule has 4 saturated heterocycles. The summed E-state index contributed by atoms with van der Waals surface area (Å²) in [7, 11) is 0. The summed E-state index contributed by atoms with van der Waals surface area (Å²) in [6, 6.07) is 24.5. The Morgan fingerprint density at radius 1 is 0.523 bits per heavy atom. The molecular formula is C71H60Cl4F10N14O10. The van der Waals surface area contributed by atoms with E-state index in [0.717, 1.165) is 70.0 Å². The van der Waals surface area contributed by atoms with Gasteiger partial charge in [-0.3, -0.25) is 9.59 Å². The number of amides is 2. The molecule has 10 aromatic rings. The van der Waals surface area contributed by atoms with Crippen LogP contribution in [0.25, 0.3) is 33.9 Å². The fraction of sp³-hybridized carbons (Fsp3) is 0.352. The van der Waals surface area contributed by atoms with Crippen molar-refractivity contribution in [2.45, 2.75) is 119 Å². The van der Waals surface area contributed by atoms with Crippen molar-refractivity contribution < 1.29 is 91.4 Å². The number of aromatic nitrogens is 12. The first-order chi connectivity index (χ1) is 52.2. The van der Waals surface area contributed by atoms with Crippen molar-refractivity contribution in [3.63, 3.8) is 0 Å². The van der Waals surface area contributed by atoms with Gasteiger partial charge in [-0.15, -0.1) is 10.2 Å². The minimum atomic E-state index is -4.94. The molecule has 8 heterocycles. The Kier molecular flexibility index (Phi) is 22.6. The molecule has 109 heavy (non-hydrogen) atoms. The van der Waals surface area contributed by atoms with Crippen LogP contribution >= 0.6 is 46.4 Å². The number of unbranched alkanes of at least 4 members (excludes halogenated alkanes) is 2. The number of nitrogens with zero attached hydrogens (tertiary/aromatic N) is 12. The number of carbonyl (C=O) groups is 2. The molecule has 0 saturated carbocycles. The van der Waals surface area contributed by atoms with Crippen LogP contribution in [-0.4, -0.2) is 147 Å². The molecule has 0 bridgehead atoms. The van der Waals surface area contributed by atoms with Crippen LogP contribution in [0.3, 0.4) is 0 Å². The highest BCUT2D eigenvalue weighted by Crippen LogP contribution is 2.49. The molecule has 0 radical (unpaired) electrons. The molecule has 4 fully saturated rings. The molecule has 4 aliphatic heterocycles. The average molecular weight is 1600 g/mol. The minimum Gasteiger partial charge on any atom is -0.363 e. The predicted molar refractivity (Wildman–Crippen MR) is 366 cm³/mol. The molecule has 4 aromatic heterocycles. The summed E-state index contributed by atoms with van der Waals surface area (Å²) >= 11 is 24.4. The van der Waals surface area contributed by atoms with Crippen LogP contribution in [0.5, 0.6) is 0 Å². The van der Waals surface area contributed by atoms with Crippen LogP contribution in [0.4, 0.5) is 43.9 Å². The highest BCUT2D eigenvalue weighted by Gasteiger charge is 2.56. The molecule has 0 spiro atoms. The molecule has 12 atom stereocenters. The number of carbonyl (C=O) groups excluding carboxylic acids is 2. The second-order valence-electron chi connectivity index (χ2n) is 25.7. The van der Waals surface area contributed by atoms with Gasteiger partial charge in [0.2, 0.25) is 11.8 Å². The molecule has 14 rings (SSSR count). The Morgan fingerprint density at radius 3 is 1.28 bits per heavy atom. The molecule has 572 valence electrons. The van der Waals surface area contributed by atoms with Gasteiger partial charge in [0.05, 0.1) is 48.1 Å². The lowest BCUT2D eigenvalue weighted by atomic mass is 9.90. The SMILES string of the molecule is Cc1nc([C@H]2OC3CO[C@H](c4ccccc4)OC3[C@@H](n3cc(-c4cc(F)c(Cl)c(F)c4)nn3)[C@@H]2OCC(=O)NCCCCCNC(=O)CO[C@@H]2[C@@H](n3cc(-c4cc(F)c(Cl)c(F)c4)nn3)[C@H]3O[C@@H](c4ccccc4)OC[C@H]3O[C@H]2c2nc(C)nn2-c2cc(Cl)ccc2C(F)(F)F)n(-c2cc(Cl)ccc2C(F)(F)F)n1. The maximum absolute atomic E-state index is 15.0. The predicted octanol–water partition coefficient (Wildman–Crippen LogP) is 13.7. The minimum absolute atomic E-state index is 0.0148. The standard InChI is InChI=1S/C71H60Cl4F10N14O10/c1-34-88-66(98(92-34)50-26-40(72)16-18-42(50)70(80,81)82)64-62(58(60-52(106-64)30-104-68(108-60)36-12-6-3-7-13-36)96-28-48(90-94-96)38-22-44(76)56(74)45(77)23-38)102-32-54(100)86-20-10-5-11-21-87-55(101)33-103-63-59(97-29-49(91-95-97)39-24-46(78)57(75)47(79)25-39)61-53(31-105-69(109-61)37-14-8-4-9-15-37)107-65(63)67-89-35(2)93-99(67)51-27-41(73)17-19-43(51)71(83,84)85/h3-4,6-9,12-19,22-29,52-53,58-65,68-69H,5,10-11,20-21,30-33H2,1-2H3,(H,86,100)(H,87,101)/t52-,53?,58+,59-,60+,61?,62-,63+,64-,65+,68+,69+/m1/s1. The van der Waals surface area contributed by atoms with Crippen LogP contribution in [-0.2, 0) is 59.8 Å². The zero-order valence-corrected chi connectivity index (χ0v) is 59.8. The Hall–Kier alpha value is -9.04. The van der Waals surface area contributed by atoms with E-state index in [2.05, 4.69) is 51.4 Å². The van der Waals surface area contributed by atoms with Crippen LogP contribution in [0.15, 0.2) is 134 Å². The Labute approximate surface area is 631 Å². The molecular weight excluding hydrogens is 1540 g/mol. The van der Waals surface area contributed by atoms with Gasteiger partial charge in [0, 0.05) is 45.4 Å². The van der Waals surface area contributed by atoms with Gasteiger partial charge in [0.1, 0.15) is 130 Å². The number of alkyl halides is 6. The number of ether oxygens (including phenoxy) is 8. The molecule has 38 heteroatoms. The summed E-state index contributed by atoms with van der Waals surface area (Å²) in [4.78, 5) is 37.3. The third-order valence-corrected chi connectivity index (χ3v) is 19.5. The van der Waals surface area contributed by atoms with E-state index < -0.39 is 167 Å². The molecule has 2 unspecified atom stereocenters. The topological polar surface area (TPSA) is 255 Å². The number of hydrogen-bond acceptors (Lipinski definition) is 18. The summed E-state index contributed by atoms with van der Waals surface area (Å²) in [5.41, 5.74) is -2.49. The Balaban J connectivity index is 0.694. The van der Waals surface area contributed by atoms with Gasteiger partial charge in [0.15, 0.2) is 24.2 Å². The van der Waals surface area contributed by atoms with Crippen molar-refractivity contribution >= 4 is 58.2 Å². The number of rotatable bonds is 22. The number of aryl methyl sites for hydroxylation is 2. The summed E-state index contributed by atoms with van der Waals surface area (Å²) in [6.07, 6.45) is -18.8. The zero-order valence-electron chi connectivity index (χ0n) is 56.7. The highest BCUT2D eigenvalue weighted by atomic mass is 35.5. The van der Waals surface area contributed by atoms with E-state index >= 15 is 0 Å². The molecule has 4 aliphatic rings.